The molecule has 1 aromatic heterocycles. The summed E-state index contributed by atoms with van der Waals surface area (Å²) in [6, 6.07) is 11.4. The molecule has 1 unspecified atom stereocenters. The maximum atomic E-state index is 11.4. The van der Waals surface area contributed by atoms with Crippen LogP contribution in [0.25, 0.3) is 11.1 Å². The van der Waals surface area contributed by atoms with Gasteiger partial charge < -0.3 is 24.1 Å². The van der Waals surface area contributed by atoms with E-state index in [1.807, 2.05) is 44.2 Å². The summed E-state index contributed by atoms with van der Waals surface area (Å²) >= 11 is 0. The molecule has 1 N–H and O–H groups in total. The highest BCUT2D eigenvalue weighted by molar-refractivity contribution is 7.90. The van der Waals surface area contributed by atoms with Gasteiger partial charge in [-0.2, -0.15) is 0 Å². The van der Waals surface area contributed by atoms with Crippen molar-refractivity contribution in [1.82, 2.24) is 4.98 Å². The molecule has 2 aromatic carbocycles. The molecule has 1 atom stereocenters. The smallest absolute Gasteiger partial charge is 0.304 e. The van der Waals surface area contributed by atoms with Crippen molar-refractivity contribution < 1.29 is 37.3 Å². The Hall–Kier alpha value is -3.79. The average molecular weight is 556 g/mol. The number of aromatic nitrogens is 1. The van der Waals surface area contributed by atoms with Crippen molar-refractivity contribution in [2.45, 2.75) is 39.2 Å². The van der Waals surface area contributed by atoms with Crippen molar-refractivity contribution in [3.8, 4) is 34.3 Å². The van der Waals surface area contributed by atoms with Crippen LogP contribution in [0.2, 0.25) is 0 Å². The standard InChI is InChI=1S/C29H33NO8S/c1-18-10-22(36-8-5-9-39(4,33)34)11-19(2)29(18)23-12-20(6-7-25(23)35-3)16-38-27-14-26-24(15-30-27)21(17-37-26)13-28(31)32/h6-7,10-12,14-15,21H,5,8-9,13,16-17H2,1-4H3,(H,31,32). The van der Waals surface area contributed by atoms with E-state index in [9.17, 15) is 13.2 Å². The van der Waals surface area contributed by atoms with Gasteiger partial charge in [0.2, 0.25) is 5.88 Å². The fraction of sp³-hybridized carbons (Fsp3) is 0.379. The fourth-order valence-corrected chi connectivity index (χ4v) is 5.38. The van der Waals surface area contributed by atoms with E-state index in [4.69, 9.17) is 24.1 Å². The predicted molar refractivity (Wildman–Crippen MR) is 147 cm³/mol. The zero-order valence-corrected chi connectivity index (χ0v) is 23.3. The molecule has 0 radical (unpaired) electrons. The third kappa shape index (κ3) is 7.20. The minimum atomic E-state index is -3.01. The van der Waals surface area contributed by atoms with Gasteiger partial charge in [0.05, 0.1) is 32.5 Å². The third-order valence-corrected chi connectivity index (χ3v) is 7.56. The largest absolute Gasteiger partial charge is 0.496 e. The molecule has 0 aliphatic carbocycles. The molecule has 4 rings (SSSR count). The number of pyridine rings is 1. The van der Waals surface area contributed by atoms with E-state index in [0.717, 1.165) is 39.1 Å². The minimum absolute atomic E-state index is 0.00136. The molecule has 208 valence electrons. The summed E-state index contributed by atoms with van der Waals surface area (Å²) in [4.78, 5) is 15.4. The molecule has 3 aromatic rings. The molecule has 0 bridgehead atoms. The second-order valence-electron chi connectivity index (χ2n) is 9.75. The molecule has 0 saturated heterocycles. The Morgan fingerprint density at radius 3 is 2.54 bits per heavy atom. The lowest BCUT2D eigenvalue weighted by molar-refractivity contribution is -0.137. The normalized spacial score (nSPS) is 14.4. The Morgan fingerprint density at radius 1 is 1.13 bits per heavy atom. The van der Waals surface area contributed by atoms with Crippen LogP contribution in [0.15, 0.2) is 42.6 Å². The van der Waals surface area contributed by atoms with E-state index in [1.54, 1.807) is 19.4 Å². The van der Waals surface area contributed by atoms with Gasteiger partial charge in [-0.3, -0.25) is 4.79 Å². The molecule has 10 heteroatoms. The number of aryl methyl sites for hydroxylation is 2. The zero-order valence-electron chi connectivity index (χ0n) is 22.5. The maximum absolute atomic E-state index is 11.4. The molecule has 39 heavy (non-hydrogen) atoms. The predicted octanol–water partition coefficient (Wildman–Crippen LogP) is 4.72. The molecule has 0 fully saturated rings. The first-order valence-electron chi connectivity index (χ1n) is 12.6. The van der Waals surface area contributed by atoms with Crippen LogP contribution in [0.1, 0.15) is 41.0 Å². The minimum Gasteiger partial charge on any atom is -0.496 e. The SMILES string of the molecule is COc1ccc(COc2cc3c(cn2)C(CC(=O)O)CO3)cc1-c1c(C)cc(OCCCS(C)(=O)=O)cc1C. The fourth-order valence-electron chi connectivity index (χ4n) is 4.74. The molecule has 2 heterocycles. The lowest BCUT2D eigenvalue weighted by Gasteiger charge is -2.17. The van der Waals surface area contributed by atoms with Gasteiger partial charge in [0.1, 0.15) is 33.7 Å². The summed E-state index contributed by atoms with van der Waals surface area (Å²) in [5, 5.41) is 9.09. The van der Waals surface area contributed by atoms with Gasteiger partial charge in [0.15, 0.2) is 0 Å². The van der Waals surface area contributed by atoms with Crippen molar-refractivity contribution in [2.24, 2.45) is 0 Å². The Kier molecular flexibility index (Phi) is 8.64. The first-order valence-corrected chi connectivity index (χ1v) is 14.7. The highest BCUT2D eigenvalue weighted by Crippen LogP contribution is 2.39. The number of hydrogen-bond donors (Lipinski definition) is 1. The highest BCUT2D eigenvalue weighted by atomic mass is 32.2. The number of hydrogen-bond acceptors (Lipinski definition) is 8. The van der Waals surface area contributed by atoms with Crippen molar-refractivity contribution in [2.75, 3.05) is 32.3 Å². The summed E-state index contributed by atoms with van der Waals surface area (Å²) < 4.78 is 45.8. The number of carbonyl (C=O) groups is 1. The van der Waals surface area contributed by atoms with Gasteiger partial charge in [0, 0.05) is 35.6 Å². The first-order chi connectivity index (χ1) is 18.5. The summed E-state index contributed by atoms with van der Waals surface area (Å²) in [6.45, 7) is 4.91. The summed E-state index contributed by atoms with van der Waals surface area (Å²) in [5.41, 5.74) is 5.63. The molecular weight excluding hydrogens is 522 g/mol. The van der Waals surface area contributed by atoms with E-state index in [-0.39, 0.29) is 24.7 Å². The number of fused-ring (bicyclic) bond motifs is 1. The number of ether oxygens (including phenoxy) is 4. The van der Waals surface area contributed by atoms with Crippen LogP contribution in [-0.2, 0) is 21.2 Å². The van der Waals surface area contributed by atoms with Crippen molar-refractivity contribution in [3.63, 3.8) is 0 Å². The molecule has 0 amide bonds. The molecule has 0 saturated carbocycles. The lowest BCUT2D eigenvalue weighted by atomic mass is 9.93. The van der Waals surface area contributed by atoms with E-state index < -0.39 is 15.8 Å². The number of carboxylic acid groups (broad SMARTS) is 1. The number of nitrogens with zero attached hydrogens (tertiary/aromatic N) is 1. The van der Waals surface area contributed by atoms with Crippen molar-refractivity contribution in [3.05, 3.63) is 64.8 Å². The van der Waals surface area contributed by atoms with E-state index >= 15 is 0 Å². The van der Waals surface area contributed by atoms with Gasteiger partial charge in [-0.1, -0.05) is 6.07 Å². The second-order valence-corrected chi connectivity index (χ2v) is 12.0. The molecular formula is C29H33NO8S. The molecule has 0 spiro atoms. The van der Waals surface area contributed by atoms with E-state index in [0.29, 0.717) is 37.0 Å². The Bertz CT molecular complexity index is 1450. The number of benzene rings is 2. The first kappa shape index (κ1) is 28.2. The molecule has 9 nitrogen and oxygen atoms in total. The molecule has 1 aliphatic heterocycles. The van der Waals surface area contributed by atoms with Crippen LogP contribution in [0, 0.1) is 13.8 Å². The second kappa shape index (κ2) is 11.9. The summed E-state index contributed by atoms with van der Waals surface area (Å²) in [5.74, 6) is 1.42. The van der Waals surface area contributed by atoms with Gasteiger partial charge in [0.25, 0.3) is 0 Å². The quantitative estimate of drug-likeness (QED) is 0.317. The van der Waals surface area contributed by atoms with E-state index in [1.165, 1.54) is 6.26 Å². The van der Waals surface area contributed by atoms with Gasteiger partial charge >= 0.3 is 5.97 Å². The van der Waals surface area contributed by atoms with Crippen LogP contribution in [-0.4, -0.2) is 56.8 Å². The van der Waals surface area contributed by atoms with Gasteiger partial charge in [-0.15, -0.1) is 0 Å². The van der Waals surface area contributed by atoms with Crippen LogP contribution in [0.5, 0.6) is 23.1 Å². The number of carboxylic acids is 1. The monoisotopic (exact) mass is 555 g/mol. The average Bonchev–Trinajstić information content (AvgIpc) is 3.26. The van der Waals surface area contributed by atoms with Crippen molar-refractivity contribution in [1.29, 1.82) is 0 Å². The van der Waals surface area contributed by atoms with Gasteiger partial charge in [-0.05, 0) is 66.8 Å². The Labute approximate surface area is 228 Å². The molecule has 1 aliphatic rings. The van der Waals surface area contributed by atoms with Crippen molar-refractivity contribution >= 4 is 15.8 Å². The summed E-state index contributed by atoms with van der Waals surface area (Å²) in [7, 11) is -1.38. The highest BCUT2D eigenvalue weighted by Gasteiger charge is 2.27. The van der Waals surface area contributed by atoms with E-state index in [2.05, 4.69) is 4.98 Å². The number of aliphatic carboxylic acids is 1. The number of methoxy groups -OCH3 is 1. The topological polar surface area (TPSA) is 121 Å². The van der Waals surface area contributed by atoms with Crippen LogP contribution in [0.4, 0.5) is 0 Å². The number of rotatable bonds is 12. The Balaban J connectivity index is 1.49. The van der Waals surface area contributed by atoms with Crippen LogP contribution in [0.3, 0.4) is 0 Å². The van der Waals surface area contributed by atoms with Gasteiger partial charge in [-0.25, -0.2) is 13.4 Å². The maximum Gasteiger partial charge on any atom is 0.304 e. The van der Waals surface area contributed by atoms with Crippen LogP contribution < -0.4 is 18.9 Å². The number of sulfone groups is 1. The van der Waals surface area contributed by atoms with Crippen LogP contribution >= 0.6 is 0 Å². The third-order valence-electron chi connectivity index (χ3n) is 6.53. The zero-order chi connectivity index (χ0) is 28.2. The lowest BCUT2D eigenvalue weighted by Crippen LogP contribution is -2.08. The summed E-state index contributed by atoms with van der Waals surface area (Å²) in [6.07, 6.45) is 3.28. The Morgan fingerprint density at radius 2 is 1.87 bits per heavy atom.